The van der Waals surface area contributed by atoms with Crippen molar-refractivity contribution in [3.05, 3.63) is 70.8 Å². The number of aromatic carboxylic acids is 1. The van der Waals surface area contributed by atoms with E-state index in [1.807, 2.05) is 25.1 Å². The Labute approximate surface area is 180 Å². The van der Waals surface area contributed by atoms with Crippen LogP contribution in [0, 0.1) is 0 Å². The zero-order chi connectivity index (χ0) is 21.9. The number of carbonyl (C=O) groups is 1. The van der Waals surface area contributed by atoms with Gasteiger partial charge in [-0.1, -0.05) is 67.4 Å². The monoisotopic (exact) mass is 447 g/mol. The lowest BCUT2D eigenvalue weighted by atomic mass is 10.0. The van der Waals surface area contributed by atoms with Gasteiger partial charge in [-0.15, -0.1) is 0 Å². The van der Waals surface area contributed by atoms with Gasteiger partial charge in [-0.05, 0) is 23.6 Å². The number of sulfonamides is 1. The first-order chi connectivity index (χ1) is 14.2. The van der Waals surface area contributed by atoms with Crippen LogP contribution in [0.25, 0.3) is 11.1 Å². The van der Waals surface area contributed by atoms with Crippen LogP contribution in [-0.2, 0) is 23.0 Å². The SMILES string of the molecule is CCCCc1nc(Cl)c(C(=O)O)n1Cc1ccc(-c2ccccc2)c(S(N)(=O)=O)c1. The maximum Gasteiger partial charge on any atom is 0.355 e. The lowest BCUT2D eigenvalue weighted by Gasteiger charge is -2.14. The van der Waals surface area contributed by atoms with Crippen LogP contribution in [-0.4, -0.2) is 29.0 Å². The van der Waals surface area contributed by atoms with Crippen molar-refractivity contribution in [3.8, 4) is 11.1 Å². The number of benzene rings is 2. The van der Waals surface area contributed by atoms with Gasteiger partial charge < -0.3 is 9.67 Å². The number of rotatable bonds is 8. The Bertz CT molecular complexity index is 1170. The van der Waals surface area contributed by atoms with Gasteiger partial charge in [0.15, 0.2) is 10.8 Å². The van der Waals surface area contributed by atoms with Crippen LogP contribution in [0.15, 0.2) is 53.4 Å². The second-order valence-corrected chi connectivity index (χ2v) is 8.79. The summed E-state index contributed by atoms with van der Waals surface area (Å²) in [6, 6.07) is 13.9. The van der Waals surface area contributed by atoms with Gasteiger partial charge in [-0.3, -0.25) is 0 Å². The second-order valence-electron chi connectivity index (χ2n) is 6.90. The summed E-state index contributed by atoms with van der Waals surface area (Å²) in [6.45, 7) is 2.13. The molecule has 3 rings (SSSR count). The summed E-state index contributed by atoms with van der Waals surface area (Å²) in [5.41, 5.74) is 1.66. The van der Waals surface area contributed by atoms with E-state index in [9.17, 15) is 18.3 Å². The van der Waals surface area contributed by atoms with Gasteiger partial charge in [0.1, 0.15) is 5.82 Å². The van der Waals surface area contributed by atoms with E-state index in [0.29, 0.717) is 28.9 Å². The Morgan fingerprint density at radius 3 is 2.50 bits per heavy atom. The van der Waals surface area contributed by atoms with E-state index >= 15 is 0 Å². The molecule has 1 aromatic heterocycles. The zero-order valence-corrected chi connectivity index (χ0v) is 17.9. The molecular weight excluding hydrogens is 426 g/mol. The number of imidazole rings is 1. The number of aromatic nitrogens is 2. The standard InChI is InChI=1S/C21H22ClN3O4S/c1-2-3-9-18-24-20(22)19(21(26)27)25(18)13-14-10-11-16(15-7-5-4-6-8-15)17(12-14)30(23,28)29/h4-8,10-12H,2-3,9,13H2,1H3,(H,26,27)(H2,23,28,29). The van der Waals surface area contributed by atoms with Gasteiger partial charge >= 0.3 is 5.97 Å². The van der Waals surface area contributed by atoms with Crippen molar-refractivity contribution in [2.24, 2.45) is 5.14 Å². The van der Waals surface area contributed by atoms with Crippen LogP contribution in [0.3, 0.4) is 0 Å². The largest absolute Gasteiger partial charge is 0.476 e. The molecule has 0 radical (unpaired) electrons. The summed E-state index contributed by atoms with van der Waals surface area (Å²) < 4.78 is 26.0. The molecule has 30 heavy (non-hydrogen) atoms. The van der Waals surface area contributed by atoms with Gasteiger partial charge in [0.2, 0.25) is 10.0 Å². The molecule has 0 aliphatic rings. The molecule has 0 saturated carbocycles. The van der Waals surface area contributed by atoms with Crippen LogP contribution in [0.5, 0.6) is 0 Å². The quantitative estimate of drug-likeness (QED) is 0.542. The third-order valence-electron chi connectivity index (χ3n) is 4.74. The molecule has 2 aromatic carbocycles. The molecular formula is C21H22ClN3O4S. The molecule has 7 nitrogen and oxygen atoms in total. The Morgan fingerprint density at radius 1 is 1.20 bits per heavy atom. The van der Waals surface area contributed by atoms with Gasteiger partial charge in [0.05, 0.1) is 4.90 Å². The Kier molecular flexibility index (Phi) is 6.60. The molecule has 9 heteroatoms. The number of primary sulfonamides is 1. The fourth-order valence-electron chi connectivity index (χ4n) is 3.31. The van der Waals surface area contributed by atoms with E-state index in [4.69, 9.17) is 16.7 Å². The maximum atomic E-state index is 12.3. The molecule has 0 saturated heterocycles. The third-order valence-corrected chi connectivity index (χ3v) is 5.95. The first kappa shape index (κ1) is 22.0. The summed E-state index contributed by atoms with van der Waals surface area (Å²) >= 11 is 6.07. The number of nitrogens with two attached hydrogens (primary N) is 1. The summed E-state index contributed by atoms with van der Waals surface area (Å²) in [5.74, 6) is -0.647. The molecule has 1 heterocycles. The lowest BCUT2D eigenvalue weighted by molar-refractivity contribution is 0.0685. The predicted octanol–water partition coefficient (Wildman–Crippen LogP) is 3.94. The van der Waals surface area contributed by atoms with E-state index in [0.717, 1.165) is 12.8 Å². The number of unbranched alkanes of at least 4 members (excludes halogenated alkanes) is 1. The minimum atomic E-state index is -4.01. The topological polar surface area (TPSA) is 115 Å². The Balaban J connectivity index is 2.09. The average Bonchev–Trinajstić information content (AvgIpc) is 3.01. The molecule has 0 atom stereocenters. The summed E-state index contributed by atoms with van der Waals surface area (Å²) in [6.07, 6.45) is 2.30. The molecule has 3 aromatic rings. The minimum Gasteiger partial charge on any atom is -0.476 e. The normalized spacial score (nSPS) is 11.6. The molecule has 3 N–H and O–H groups in total. The number of carboxylic acid groups (broad SMARTS) is 1. The number of nitrogens with zero attached hydrogens (tertiary/aromatic N) is 2. The Hall–Kier alpha value is -2.68. The minimum absolute atomic E-state index is 0.0237. The zero-order valence-electron chi connectivity index (χ0n) is 16.4. The van der Waals surface area contributed by atoms with Crippen molar-refractivity contribution >= 4 is 27.6 Å². The van der Waals surface area contributed by atoms with Crippen LogP contribution in [0.4, 0.5) is 0 Å². The summed E-state index contributed by atoms with van der Waals surface area (Å²) in [4.78, 5) is 15.9. The first-order valence-electron chi connectivity index (χ1n) is 9.41. The molecule has 158 valence electrons. The fourth-order valence-corrected chi connectivity index (χ4v) is 4.39. The highest BCUT2D eigenvalue weighted by atomic mass is 35.5. The van der Waals surface area contributed by atoms with Gasteiger partial charge in [-0.25, -0.2) is 23.3 Å². The molecule has 0 bridgehead atoms. The number of aryl methyl sites for hydroxylation is 1. The molecule has 0 aliphatic carbocycles. The van der Waals surface area contributed by atoms with Crippen molar-refractivity contribution in [1.29, 1.82) is 0 Å². The number of carboxylic acids is 1. The highest BCUT2D eigenvalue weighted by Crippen LogP contribution is 2.29. The highest BCUT2D eigenvalue weighted by molar-refractivity contribution is 7.89. The van der Waals surface area contributed by atoms with E-state index < -0.39 is 16.0 Å². The third kappa shape index (κ3) is 4.72. The van der Waals surface area contributed by atoms with Crippen LogP contribution in [0.2, 0.25) is 5.15 Å². The van der Waals surface area contributed by atoms with E-state index in [-0.39, 0.29) is 22.3 Å². The predicted molar refractivity (Wildman–Crippen MR) is 115 cm³/mol. The number of hydrogen-bond donors (Lipinski definition) is 2. The fraction of sp³-hybridized carbons (Fsp3) is 0.238. The average molecular weight is 448 g/mol. The summed E-state index contributed by atoms with van der Waals surface area (Å²) in [7, 11) is -4.01. The summed E-state index contributed by atoms with van der Waals surface area (Å²) in [5, 5.41) is 15.0. The van der Waals surface area contributed by atoms with Crippen molar-refractivity contribution in [3.63, 3.8) is 0 Å². The van der Waals surface area contributed by atoms with Crippen LogP contribution in [0.1, 0.15) is 41.6 Å². The smallest absolute Gasteiger partial charge is 0.355 e. The molecule has 0 spiro atoms. The van der Waals surface area contributed by atoms with E-state index in [1.54, 1.807) is 24.3 Å². The lowest BCUT2D eigenvalue weighted by Crippen LogP contribution is -2.16. The van der Waals surface area contributed by atoms with Gasteiger partial charge in [0, 0.05) is 18.5 Å². The van der Waals surface area contributed by atoms with Gasteiger partial charge in [0.25, 0.3) is 0 Å². The highest BCUT2D eigenvalue weighted by Gasteiger charge is 2.22. The number of hydrogen-bond acceptors (Lipinski definition) is 4. The van der Waals surface area contributed by atoms with Crippen molar-refractivity contribution in [2.45, 2.75) is 37.6 Å². The first-order valence-corrected chi connectivity index (χ1v) is 11.3. The van der Waals surface area contributed by atoms with Gasteiger partial charge in [-0.2, -0.15) is 0 Å². The van der Waals surface area contributed by atoms with Crippen LogP contribution >= 0.6 is 11.6 Å². The van der Waals surface area contributed by atoms with Crippen molar-refractivity contribution < 1.29 is 18.3 Å². The second kappa shape index (κ2) is 8.99. The van der Waals surface area contributed by atoms with E-state index in [1.165, 1.54) is 10.6 Å². The van der Waals surface area contributed by atoms with Crippen LogP contribution < -0.4 is 5.14 Å². The molecule has 0 fully saturated rings. The van der Waals surface area contributed by atoms with Crippen molar-refractivity contribution in [2.75, 3.05) is 0 Å². The molecule has 0 amide bonds. The van der Waals surface area contributed by atoms with Crippen molar-refractivity contribution in [1.82, 2.24) is 9.55 Å². The maximum absolute atomic E-state index is 12.3. The molecule has 0 unspecified atom stereocenters. The molecule has 0 aliphatic heterocycles. The number of halogens is 1. The Morgan fingerprint density at radius 2 is 1.90 bits per heavy atom. The van der Waals surface area contributed by atoms with E-state index in [2.05, 4.69) is 4.98 Å².